The Morgan fingerprint density at radius 1 is 1.36 bits per heavy atom. The molecule has 3 N–H and O–H groups in total. The van der Waals surface area contributed by atoms with E-state index in [1.807, 2.05) is 32.9 Å². The molecule has 0 aromatic rings. The van der Waals surface area contributed by atoms with Crippen LogP contribution in [-0.2, 0) is 9.59 Å². The zero-order valence-corrected chi connectivity index (χ0v) is 14.5. The maximum absolute atomic E-state index is 11.8. The van der Waals surface area contributed by atoms with Gasteiger partial charge in [-0.05, 0) is 36.8 Å². The molecule has 0 saturated heterocycles. The number of carboxylic acid groups (broad SMARTS) is 1. The normalized spacial score (nSPS) is 21.2. The Kier molecular flexibility index (Phi) is 8.27. The first-order valence-corrected chi connectivity index (χ1v) is 7.43. The van der Waals surface area contributed by atoms with Gasteiger partial charge in [-0.1, -0.05) is 37.6 Å². The van der Waals surface area contributed by atoms with Gasteiger partial charge in [-0.25, -0.2) is 4.79 Å². The van der Waals surface area contributed by atoms with Crippen LogP contribution in [0.3, 0.4) is 0 Å². The minimum atomic E-state index is -5.08. The van der Waals surface area contributed by atoms with E-state index in [2.05, 4.69) is 0 Å². The number of aliphatic carboxylic acids is 1. The van der Waals surface area contributed by atoms with Crippen LogP contribution in [0.5, 0.6) is 0 Å². The summed E-state index contributed by atoms with van der Waals surface area (Å²) in [5, 5.41) is 25.6. The first-order valence-electron chi connectivity index (χ1n) is 7.43. The number of Topliss-reactive ketones (excluding diaryl/α,β-unsaturated/α-hetero) is 1. The van der Waals surface area contributed by atoms with Crippen molar-refractivity contribution < 1.29 is 38.1 Å². The molecule has 1 unspecified atom stereocenters. The summed E-state index contributed by atoms with van der Waals surface area (Å²) in [7, 11) is 0. The van der Waals surface area contributed by atoms with E-state index in [1.165, 1.54) is 0 Å². The van der Waals surface area contributed by atoms with Crippen molar-refractivity contribution in [3.05, 3.63) is 34.9 Å². The van der Waals surface area contributed by atoms with Gasteiger partial charge in [0.05, 0.1) is 6.61 Å². The number of carbonyl (C=O) groups is 2. The van der Waals surface area contributed by atoms with Gasteiger partial charge in [-0.2, -0.15) is 13.2 Å². The Morgan fingerprint density at radius 2 is 1.84 bits per heavy atom. The van der Waals surface area contributed by atoms with E-state index >= 15 is 0 Å². The number of rotatable bonds is 3. The van der Waals surface area contributed by atoms with Crippen molar-refractivity contribution in [2.45, 2.75) is 46.4 Å². The van der Waals surface area contributed by atoms with Crippen LogP contribution in [0.15, 0.2) is 34.9 Å². The number of carbonyl (C=O) groups excluding carboxylic acids is 1. The van der Waals surface area contributed by atoms with Crippen LogP contribution >= 0.6 is 0 Å². The second-order valence-corrected chi connectivity index (χ2v) is 6.27. The molecule has 0 radical (unpaired) electrons. The molecule has 0 spiro atoms. The van der Waals surface area contributed by atoms with E-state index in [9.17, 15) is 23.1 Å². The summed E-state index contributed by atoms with van der Waals surface area (Å²) in [6.45, 7) is 7.72. The number of halogens is 3. The molecular formula is C17H23F3O5. The maximum Gasteiger partial charge on any atom is 0.490 e. The van der Waals surface area contributed by atoms with Crippen LogP contribution < -0.4 is 0 Å². The van der Waals surface area contributed by atoms with Crippen LogP contribution in [0, 0.1) is 5.41 Å². The van der Waals surface area contributed by atoms with Crippen LogP contribution in [0.25, 0.3) is 0 Å². The molecule has 5 nitrogen and oxygen atoms in total. The average Bonchev–Trinajstić information content (AvgIpc) is 2.44. The summed E-state index contributed by atoms with van der Waals surface area (Å²) in [5.41, 5.74) is 2.33. The third-order valence-corrected chi connectivity index (χ3v) is 3.68. The lowest BCUT2D eigenvalue weighted by Crippen LogP contribution is -2.35. The summed E-state index contributed by atoms with van der Waals surface area (Å²) in [4.78, 5) is 20.7. The third kappa shape index (κ3) is 7.23. The van der Waals surface area contributed by atoms with Crippen molar-refractivity contribution in [3.8, 4) is 0 Å². The van der Waals surface area contributed by atoms with Crippen LogP contribution in [-0.4, -0.2) is 46.0 Å². The Hall–Kier alpha value is -1.93. The lowest BCUT2D eigenvalue weighted by atomic mass is 9.71. The third-order valence-electron chi connectivity index (χ3n) is 3.68. The van der Waals surface area contributed by atoms with Gasteiger partial charge in [0.25, 0.3) is 0 Å². The number of allylic oxidation sites excluding steroid dienone is 4. The van der Waals surface area contributed by atoms with Gasteiger partial charge >= 0.3 is 12.1 Å². The molecule has 1 aliphatic rings. The predicted octanol–water partition coefficient (Wildman–Crippen LogP) is 2.79. The molecule has 0 fully saturated rings. The Balaban J connectivity index is 0.000000697. The number of hydrogen-bond donors (Lipinski definition) is 3. The SMILES string of the molecule is CC(C=CC1=C(C)C(=O)C(O)CC1(C)C)=CCO.O=C(O)C(F)(F)F. The van der Waals surface area contributed by atoms with Crippen molar-refractivity contribution >= 4 is 11.8 Å². The monoisotopic (exact) mass is 364 g/mol. The molecule has 8 heteroatoms. The highest BCUT2D eigenvalue weighted by atomic mass is 19.4. The predicted molar refractivity (Wildman–Crippen MR) is 85.8 cm³/mol. The molecule has 0 aromatic heterocycles. The summed E-state index contributed by atoms with van der Waals surface area (Å²) < 4.78 is 31.7. The lowest BCUT2D eigenvalue weighted by molar-refractivity contribution is -0.192. The van der Waals surface area contributed by atoms with E-state index in [-0.39, 0.29) is 17.8 Å². The number of hydrogen-bond acceptors (Lipinski definition) is 4. The van der Waals surface area contributed by atoms with Crippen molar-refractivity contribution in [2.75, 3.05) is 6.61 Å². The van der Waals surface area contributed by atoms with E-state index < -0.39 is 18.2 Å². The molecule has 0 aromatic carbocycles. The van der Waals surface area contributed by atoms with Crippen LogP contribution in [0.1, 0.15) is 34.1 Å². The fraction of sp³-hybridized carbons (Fsp3) is 0.529. The van der Waals surface area contributed by atoms with Crippen molar-refractivity contribution in [3.63, 3.8) is 0 Å². The standard InChI is InChI=1S/C15H22O3.C2HF3O2/c1-10(7-8-16)5-6-12-11(2)14(18)13(17)9-15(12,3)4;3-2(4,5)1(6)7/h5-7,13,16-17H,8-9H2,1-4H3;(H,6,7). The topological polar surface area (TPSA) is 94.8 Å². The molecule has 0 aliphatic heterocycles. The van der Waals surface area contributed by atoms with Crippen LogP contribution in [0.2, 0.25) is 0 Å². The van der Waals surface area contributed by atoms with Gasteiger partial charge in [0.2, 0.25) is 0 Å². The average molecular weight is 364 g/mol. The van der Waals surface area contributed by atoms with Gasteiger partial charge in [-0.3, -0.25) is 4.79 Å². The first kappa shape index (κ1) is 23.1. The highest BCUT2D eigenvalue weighted by molar-refractivity contribution is 6.00. The molecule has 0 heterocycles. The number of ketones is 1. The quantitative estimate of drug-likeness (QED) is 0.670. The van der Waals surface area contributed by atoms with Gasteiger partial charge in [0.1, 0.15) is 6.10 Å². The summed E-state index contributed by atoms with van der Waals surface area (Å²) >= 11 is 0. The van der Waals surface area contributed by atoms with Gasteiger partial charge < -0.3 is 15.3 Å². The molecular weight excluding hydrogens is 341 g/mol. The van der Waals surface area contributed by atoms with Crippen molar-refractivity contribution in [1.82, 2.24) is 0 Å². The fourth-order valence-electron chi connectivity index (χ4n) is 2.35. The summed E-state index contributed by atoms with van der Waals surface area (Å²) in [6.07, 6.45) is -0.00129. The van der Waals surface area contributed by atoms with Crippen molar-refractivity contribution in [1.29, 1.82) is 0 Å². The highest BCUT2D eigenvalue weighted by Gasteiger charge is 2.38. The number of alkyl halides is 3. The molecule has 1 rings (SSSR count). The van der Waals surface area contributed by atoms with Crippen LogP contribution in [0.4, 0.5) is 13.2 Å². The largest absolute Gasteiger partial charge is 0.490 e. The van der Waals surface area contributed by atoms with Gasteiger partial charge in [0, 0.05) is 0 Å². The van der Waals surface area contributed by atoms with E-state index in [0.717, 1.165) is 11.1 Å². The zero-order chi connectivity index (χ0) is 20.0. The summed E-state index contributed by atoms with van der Waals surface area (Å²) in [5.74, 6) is -2.94. The second-order valence-electron chi connectivity index (χ2n) is 6.27. The fourth-order valence-corrected chi connectivity index (χ4v) is 2.35. The Morgan fingerprint density at radius 3 is 2.24 bits per heavy atom. The highest BCUT2D eigenvalue weighted by Crippen LogP contribution is 2.39. The molecule has 0 saturated carbocycles. The molecule has 0 amide bonds. The minimum absolute atomic E-state index is 0.00917. The van der Waals surface area contributed by atoms with Crippen molar-refractivity contribution in [2.24, 2.45) is 5.41 Å². The van der Waals surface area contributed by atoms with Gasteiger partial charge in [0.15, 0.2) is 5.78 Å². The first-order chi connectivity index (χ1) is 11.2. The Labute approximate surface area is 144 Å². The molecule has 0 bridgehead atoms. The molecule has 142 valence electrons. The molecule has 25 heavy (non-hydrogen) atoms. The smallest absolute Gasteiger partial charge is 0.475 e. The molecule has 1 aliphatic carbocycles. The maximum atomic E-state index is 11.8. The minimum Gasteiger partial charge on any atom is -0.475 e. The van der Waals surface area contributed by atoms with E-state index in [1.54, 1.807) is 13.0 Å². The number of aliphatic hydroxyl groups is 2. The lowest BCUT2D eigenvalue weighted by Gasteiger charge is -2.34. The summed E-state index contributed by atoms with van der Waals surface area (Å²) in [6, 6.07) is 0. The van der Waals surface area contributed by atoms with Gasteiger partial charge in [-0.15, -0.1) is 0 Å². The second kappa shape index (κ2) is 8.96. The number of aliphatic hydroxyl groups excluding tert-OH is 2. The molecule has 1 atom stereocenters. The van der Waals surface area contributed by atoms with E-state index in [0.29, 0.717) is 12.0 Å². The Bertz CT molecular complexity index is 598. The number of carboxylic acids is 1. The van der Waals surface area contributed by atoms with E-state index in [4.69, 9.17) is 15.0 Å². The zero-order valence-electron chi connectivity index (χ0n) is 14.5.